The Bertz CT molecular complexity index is 934. The highest BCUT2D eigenvalue weighted by atomic mass is 28.3. The van der Waals surface area contributed by atoms with Crippen LogP contribution < -0.4 is 10.6 Å². The smallest absolute Gasteiger partial charge is 0.408 e. The Morgan fingerprint density at radius 3 is 2.06 bits per heavy atom. The van der Waals surface area contributed by atoms with Crippen LogP contribution in [-0.4, -0.2) is 51.5 Å². The van der Waals surface area contributed by atoms with Crippen LogP contribution in [0.2, 0.25) is 25.7 Å². The van der Waals surface area contributed by atoms with Crippen LogP contribution in [0.4, 0.5) is 4.79 Å². The number of ether oxygens (including phenoxy) is 3. The third-order valence-corrected chi connectivity index (χ3v) is 6.81. The molecule has 0 saturated carbocycles. The molecule has 2 atom stereocenters. The molecule has 0 fully saturated rings. The van der Waals surface area contributed by atoms with E-state index >= 15 is 0 Å². The predicted octanol–water partition coefficient (Wildman–Crippen LogP) is 3.88. The van der Waals surface area contributed by atoms with Crippen molar-refractivity contribution in [1.82, 2.24) is 10.6 Å². The fourth-order valence-electron chi connectivity index (χ4n) is 2.98. The number of carbonyl (C=O) groups is 3. The Balaban J connectivity index is 1.88. The number of nitrogens with one attached hydrogen (secondary N) is 2. The molecule has 2 aromatic carbocycles. The van der Waals surface area contributed by atoms with Gasteiger partial charge in [-0.3, -0.25) is 4.79 Å². The van der Waals surface area contributed by atoms with Crippen molar-refractivity contribution in [2.24, 2.45) is 0 Å². The van der Waals surface area contributed by atoms with Crippen molar-refractivity contribution in [3.63, 3.8) is 0 Å². The summed E-state index contributed by atoms with van der Waals surface area (Å²) in [4.78, 5) is 37.6. The van der Waals surface area contributed by atoms with Crippen LogP contribution in [0.5, 0.6) is 0 Å². The lowest BCUT2D eigenvalue weighted by Crippen LogP contribution is -2.51. The van der Waals surface area contributed by atoms with Crippen molar-refractivity contribution >= 4 is 26.0 Å². The molecular formula is C26H36N2O6Si. The Hall–Kier alpha value is -3.17. The van der Waals surface area contributed by atoms with E-state index < -0.39 is 38.1 Å². The maximum atomic E-state index is 12.7. The SMILES string of the molecule is C[C@H](NC(=O)OCc1ccccc1)C(=O)N[C@H](Cc1ccccc1)C(=O)OCOCC[Si](C)(C)C. The van der Waals surface area contributed by atoms with Crippen LogP contribution in [-0.2, 0) is 36.8 Å². The number of alkyl carbamates (subject to hydrolysis) is 1. The van der Waals surface area contributed by atoms with Crippen molar-refractivity contribution in [3.8, 4) is 0 Å². The average molecular weight is 501 g/mol. The number of hydrogen-bond acceptors (Lipinski definition) is 6. The van der Waals surface area contributed by atoms with Gasteiger partial charge < -0.3 is 24.8 Å². The van der Waals surface area contributed by atoms with Crippen LogP contribution in [0.1, 0.15) is 18.1 Å². The minimum Gasteiger partial charge on any atom is -0.445 e. The molecule has 0 radical (unpaired) electrons. The second kappa shape index (κ2) is 14.3. The molecule has 0 aliphatic carbocycles. The Morgan fingerprint density at radius 2 is 1.46 bits per heavy atom. The number of carbonyl (C=O) groups excluding carboxylic acids is 3. The highest BCUT2D eigenvalue weighted by molar-refractivity contribution is 6.76. The lowest BCUT2D eigenvalue weighted by Gasteiger charge is -2.21. The Morgan fingerprint density at radius 1 is 0.857 bits per heavy atom. The summed E-state index contributed by atoms with van der Waals surface area (Å²) < 4.78 is 15.9. The number of hydrogen-bond donors (Lipinski definition) is 2. The molecule has 0 bridgehead atoms. The lowest BCUT2D eigenvalue weighted by atomic mass is 10.1. The van der Waals surface area contributed by atoms with Gasteiger partial charge in [0.1, 0.15) is 18.7 Å². The molecule has 2 rings (SSSR count). The quantitative estimate of drug-likeness (QED) is 0.187. The average Bonchev–Trinajstić information content (AvgIpc) is 2.82. The maximum absolute atomic E-state index is 12.7. The Kier molecular flexibility index (Phi) is 11.4. The molecule has 0 spiro atoms. The summed E-state index contributed by atoms with van der Waals surface area (Å²) in [5.74, 6) is -1.13. The zero-order valence-corrected chi connectivity index (χ0v) is 21.9. The minimum atomic E-state index is -1.25. The molecule has 2 amide bonds. The van der Waals surface area contributed by atoms with Crippen LogP contribution in [0.3, 0.4) is 0 Å². The van der Waals surface area contributed by atoms with Crippen LogP contribution in [0.15, 0.2) is 60.7 Å². The first-order valence-electron chi connectivity index (χ1n) is 11.7. The summed E-state index contributed by atoms with van der Waals surface area (Å²) >= 11 is 0. The molecule has 2 N–H and O–H groups in total. The van der Waals surface area contributed by atoms with Gasteiger partial charge in [-0.2, -0.15) is 0 Å². The second-order valence-corrected chi connectivity index (χ2v) is 15.1. The van der Waals surface area contributed by atoms with Crippen molar-refractivity contribution in [1.29, 1.82) is 0 Å². The lowest BCUT2D eigenvalue weighted by molar-refractivity contribution is -0.159. The van der Waals surface area contributed by atoms with E-state index in [2.05, 4.69) is 30.3 Å². The van der Waals surface area contributed by atoms with Gasteiger partial charge >= 0.3 is 12.1 Å². The maximum Gasteiger partial charge on any atom is 0.408 e. The highest BCUT2D eigenvalue weighted by Crippen LogP contribution is 2.09. The molecule has 0 unspecified atom stereocenters. The summed E-state index contributed by atoms with van der Waals surface area (Å²) in [5, 5.41) is 5.16. The zero-order valence-electron chi connectivity index (χ0n) is 20.9. The van der Waals surface area contributed by atoms with Gasteiger partial charge in [-0.1, -0.05) is 80.3 Å². The zero-order chi connectivity index (χ0) is 25.7. The summed E-state index contributed by atoms with van der Waals surface area (Å²) in [6.07, 6.45) is -0.486. The first-order chi connectivity index (χ1) is 16.6. The van der Waals surface area contributed by atoms with E-state index in [1.54, 1.807) is 0 Å². The van der Waals surface area contributed by atoms with Gasteiger partial charge in [-0.15, -0.1) is 0 Å². The molecule has 9 heteroatoms. The normalized spacial score (nSPS) is 12.8. The van der Waals surface area contributed by atoms with E-state index in [0.29, 0.717) is 6.61 Å². The van der Waals surface area contributed by atoms with E-state index in [1.807, 2.05) is 60.7 Å². The molecular weight excluding hydrogens is 464 g/mol. The molecule has 0 saturated heterocycles. The Labute approximate surface area is 208 Å². The minimum absolute atomic E-state index is 0.0850. The van der Waals surface area contributed by atoms with Crippen LogP contribution in [0.25, 0.3) is 0 Å². The molecule has 190 valence electrons. The van der Waals surface area contributed by atoms with Gasteiger partial charge in [0.05, 0.1) is 0 Å². The van der Waals surface area contributed by atoms with E-state index in [9.17, 15) is 14.4 Å². The molecule has 0 aliphatic heterocycles. The summed E-state index contributed by atoms with van der Waals surface area (Å²) in [7, 11) is -1.25. The molecule has 0 aromatic heterocycles. The third kappa shape index (κ3) is 11.7. The number of benzene rings is 2. The molecule has 35 heavy (non-hydrogen) atoms. The standard InChI is InChI=1S/C26H36N2O6Si/c1-20(27-26(31)33-18-22-13-9-6-10-14-22)24(29)28-23(17-21-11-7-5-8-12-21)25(30)34-19-32-15-16-35(2,3)4/h5-14,20,23H,15-19H2,1-4H3,(H,27,31)(H,28,29)/t20-,23+/m0/s1. The van der Waals surface area contributed by atoms with Gasteiger partial charge in [0, 0.05) is 21.1 Å². The molecule has 2 aromatic rings. The van der Waals surface area contributed by atoms with E-state index in [4.69, 9.17) is 14.2 Å². The van der Waals surface area contributed by atoms with Crippen molar-refractivity contribution in [3.05, 3.63) is 71.8 Å². The fraction of sp³-hybridized carbons (Fsp3) is 0.423. The first-order valence-corrected chi connectivity index (χ1v) is 15.4. The van der Waals surface area contributed by atoms with Gasteiger partial charge in [0.15, 0.2) is 6.79 Å². The number of amides is 2. The number of esters is 1. The molecule has 0 heterocycles. The van der Waals surface area contributed by atoms with Crippen molar-refractivity contribution in [2.75, 3.05) is 13.4 Å². The molecule has 8 nitrogen and oxygen atoms in total. The fourth-order valence-corrected chi connectivity index (χ4v) is 3.74. The van der Waals surface area contributed by atoms with E-state index in [0.717, 1.165) is 17.2 Å². The predicted molar refractivity (Wildman–Crippen MR) is 136 cm³/mol. The van der Waals surface area contributed by atoms with Gasteiger partial charge in [0.2, 0.25) is 5.91 Å². The topological polar surface area (TPSA) is 103 Å². The van der Waals surface area contributed by atoms with Gasteiger partial charge in [-0.05, 0) is 24.1 Å². The third-order valence-electron chi connectivity index (χ3n) is 5.10. The van der Waals surface area contributed by atoms with Crippen molar-refractivity contribution < 1.29 is 28.6 Å². The summed E-state index contributed by atoms with van der Waals surface area (Å²) in [6, 6.07) is 17.6. The summed E-state index contributed by atoms with van der Waals surface area (Å²) in [5.41, 5.74) is 1.69. The van der Waals surface area contributed by atoms with Gasteiger partial charge in [-0.25, -0.2) is 9.59 Å². The van der Waals surface area contributed by atoms with Crippen molar-refractivity contribution in [2.45, 2.75) is 57.7 Å². The van der Waals surface area contributed by atoms with Crippen LogP contribution in [0, 0.1) is 0 Å². The van der Waals surface area contributed by atoms with E-state index in [1.165, 1.54) is 6.92 Å². The van der Waals surface area contributed by atoms with Crippen LogP contribution >= 0.6 is 0 Å². The largest absolute Gasteiger partial charge is 0.445 e. The summed E-state index contributed by atoms with van der Waals surface area (Å²) in [6.45, 7) is 8.65. The number of rotatable bonds is 13. The monoisotopic (exact) mass is 500 g/mol. The second-order valence-electron chi connectivity index (χ2n) is 9.48. The molecule has 0 aliphatic rings. The van der Waals surface area contributed by atoms with Gasteiger partial charge in [0.25, 0.3) is 0 Å². The van der Waals surface area contributed by atoms with E-state index in [-0.39, 0.29) is 19.8 Å². The first kappa shape index (κ1) is 28.1. The highest BCUT2D eigenvalue weighted by Gasteiger charge is 2.26.